The average molecular weight is 523 g/mol. The summed E-state index contributed by atoms with van der Waals surface area (Å²) >= 11 is 2.10. The van der Waals surface area contributed by atoms with Crippen molar-refractivity contribution in [2.24, 2.45) is 0 Å². The molecule has 1 aromatic heterocycles. The summed E-state index contributed by atoms with van der Waals surface area (Å²) in [5, 5.41) is 10.6. The van der Waals surface area contributed by atoms with Crippen LogP contribution in [0.4, 0.5) is 6.01 Å². The number of benzene rings is 2. The van der Waals surface area contributed by atoms with Crippen molar-refractivity contribution in [3.63, 3.8) is 0 Å². The molecular formula is C21H22IN3O5. The maximum absolute atomic E-state index is 12.5. The molecule has 3 rings (SSSR count). The third kappa shape index (κ3) is 5.02. The molecule has 1 heterocycles. The molecule has 0 bridgehead atoms. The number of amides is 1. The van der Waals surface area contributed by atoms with Crippen LogP contribution in [0.3, 0.4) is 0 Å². The number of hydrogen-bond acceptors (Lipinski definition) is 7. The molecule has 1 amide bonds. The summed E-state index contributed by atoms with van der Waals surface area (Å²) in [6, 6.07) is 10.7. The molecule has 9 heteroatoms. The van der Waals surface area contributed by atoms with E-state index in [1.165, 1.54) is 0 Å². The van der Waals surface area contributed by atoms with Crippen molar-refractivity contribution < 1.29 is 23.4 Å². The number of ether oxygens (including phenoxy) is 3. The van der Waals surface area contributed by atoms with Gasteiger partial charge in [0.05, 0.1) is 25.4 Å². The lowest BCUT2D eigenvalue weighted by atomic mass is 10.2. The van der Waals surface area contributed by atoms with Gasteiger partial charge in [0.2, 0.25) is 11.6 Å². The number of hydrogen-bond donors (Lipinski definition) is 1. The highest BCUT2D eigenvalue weighted by Crippen LogP contribution is 2.41. The fourth-order valence-electron chi connectivity index (χ4n) is 2.71. The van der Waals surface area contributed by atoms with Crippen LogP contribution in [0.5, 0.6) is 17.2 Å². The van der Waals surface area contributed by atoms with Crippen LogP contribution >= 0.6 is 22.6 Å². The van der Waals surface area contributed by atoms with Gasteiger partial charge in [-0.05, 0) is 67.6 Å². The van der Waals surface area contributed by atoms with Crippen molar-refractivity contribution in [3.8, 4) is 28.7 Å². The third-order valence-electron chi connectivity index (χ3n) is 3.92. The van der Waals surface area contributed by atoms with Gasteiger partial charge >= 0.3 is 6.01 Å². The highest BCUT2D eigenvalue weighted by molar-refractivity contribution is 14.1. The van der Waals surface area contributed by atoms with E-state index >= 15 is 0 Å². The summed E-state index contributed by atoms with van der Waals surface area (Å²) in [5.74, 6) is 1.45. The van der Waals surface area contributed by atoms with E-state index in [4.69, 9.17) is 18.6 Å². The van der Waals surface area contributed by atoms with Gasteiger partial charge in [0.1, 0.15) is 0 Å². The van der Waals surface area contributed by atoms with Crippen molar-refractivity contribution in [1.82, 2.24) is 10.2 Å². The highest BCUT2D eigenvalue weighted by atomic mass is 127. The number of nitrogens with one attached hydrogen (secondary N) is 1. The predicted octanol–water partition coefficient (Wildman–Crippen LogP) is 4.79. The lowest BCUT2D eigenvalue weighted by molar-refractivity contribution is 0.102. The molecule has 3 aromatic rings. The first-order chi connectivity index (χ1) is 14.6. The normalized spacial score (nSPS) is 10.5. The molecule has 0 fully saturated rings. The Labute approximate surface area is 188 Å². The molecule has 0 saturated heterocycles. The van der Waals surface area contributed by atoms with Crippen molar-refractivity contribution >= 4 is 34.5 Å². The smallest absolute Gasteiger partial charge is 0.322 e. The number of anilines is 1. The molecule has 0 aliphatic rings. The number of rotatable bonds is 9. The molecule has 2 aromatic carbocycles. The molecule has 8 nitrogen and oxygen atoms in total. The second-order valence-corrected chi connectivity index (χ2v) is 7.11. The van der Waals surface area contributed by atoms with E-state index in [0.717, 1.165) is 3.57 Å². The summed E-state index contributed by atoms with van der Waals surface area (Å²) in [5.41, 5.74) is 1.11. The Balaban J connectivity index is 1.90. The summed E-state index contributed by atoms with van der Waals surface area (Å²) in [7, 11) is 0. The lowest BCUT2D eigenvalue weighted by Gasteiger charge is -2.16. The van der Waals surface area contributed by atoms with Gasteiger partial charge in [-0.2, -0.15) is 0 Å². The minimum atomic E-state index is -0.327. The van der Waals surface area contributed by atoms with E-state index in [1.807, 2.05) is 32.9 Å². The van der Waals surface area contributed by atoms with E-state index in [2.05, 4.69) is 38.1 Å². The summed E-state index contributed by atoms with van der Waals surface area (Å²) in [6.45, 7) is 7.03. The van der Waals surface area contributed by atoms with E-state index < -0.39 is 0 Å². The zero-order valence-electron chi connectivity index (χ0n) is 16.9. The molecule has 0 unspecified atom stereocenters. The number of nitrogens with zero attached hydrogens (tertiary/aromatic N) is 2. The van der Waals surface area contributed by atoms with Crippen LogP contribution in [-0.4, -0.2) is 35.9 Å². The van der Waals surface area contributed by atoms with Gasteiger partial charge in [0.25, 0.3) is 5.91 Å². The Kier molecular flexibility index (Phi) is 7.50. The third-order valence-corrected chi connectivity index (χ3v) is 4.86. The van der Waals surface area contributed by atoms with Crippen LogP contribution in [0.1, 0.15) is 31.1 Å². The Bertz CT molecular complexity index is 994. The molecule has 158 valence electrons. The molecular weight excluding hydrogens is 501 g/mol. The van der Waals surface area contributed by atoms with Gasteiger partial charge in [-0.25, -0.2) is 0 Å². The summed E-state index contributed by atoms with van der Waals surface area (Å²) in [4.78, 5) is 12.5. The highest BCUT2D eigenvalue weighted by Gasteiger charge is 2.20. The summed E-state index contributed by atoms with van der Waals surface area (Å²) in [6.07, 6.45) is 0. The first-order valence-corrected chi connectivity index (χ1v) is 10.6. The Morgan fingerprint density at radius 3 is 2.23 bits per heavy atom. The number of carbonyl (C=O) groups excluding carboxylic acids is 1. The zero-order chi connectivity index (χ0) is 21.5. The largest absolute Gasteiger partial charge is 0.490 e. The minimum absolute atomic E-state index is 0.000502. The molecule has 30 heavy (non-hydrogen) atoms. The topological polar surface area (TPSA) is 95.7 Å². The molecule has 0 spiro atoms. The monoisotopic (exact) mass is 523 g/mol. The zero-order valence-corrected chi connectivity index (χ0v) is 19.1. The quantitative estimate of drug-likeness (QED) is 0.403. The lowest BCUT2D eigenvalue weighted by Crippen LogP contribution is -2.13. The minimum Gasteiger partial charge on any atom is -0.490 e. The first kappa shape index (κ1) is 21.9. The van der Waals surface area contributed by atoms with Gasteiger partial charge < -0.3 is 18.6 Å². The van der Waals surface area contributed by atoms with Crippen LogP contribution < -0.4 is 19.5 Å². The van der Waals surface area contributed by atoms with Crippen molar-refractivity contribution in [2.45, 2.75) is 20.8 Å². The van der Waals surface area contributed by atoms with Gasteiger partial charge in [-0.1, -0.05) is 17.2 Å². The molecule has 0 radical (unpaired) electrons. The second-order valence-electron chi connectivity index (χ2n) is 5.95. The van der Waals surface area contributed by atoms with Crippen LogP contribution in [0, 0.1) is 3.57 Å². The number of carbonyl (C=O) groups is 1. The second kappa shape index (κ2) is 10.3. The SMILES string of the molecule is CCOc1cc(-c2nnc(NC(=O)c3ccccc3I)o2)cc(OCC)c1OCC. The van der Waals surface area contributed by atoms with E-state index in [1.54, 1.807) is 24.3 Å². The fourth-order valence-corrected chi connectivity index (χ4v) is 3.34. The van der Waals surface area contributed by atoms with E-state index in [-0.39, 0.29) is 17.8 Å². The van der Waals surface area contributed by atoms with Gasteiger partial charge in [-0.3, -0.25) is 10.1 Å². The molecule has 0 aliphatic heterocycles. The number of halogens is 1. The molecule has 0 atom stereocenters. The van der Waals surface area contributed by atoms with Crippen LogP contribution in [0.2, 0.25) is 0 Å². The van der Waals surface area contributed by atoms with Crippen LogP contribution in [-0.2, 0) is 0 Å². The number of aromatic nitrogens is 2. The Hall–Kier alpha value is -2.82. The molecule has 0 aliphatic carbocycles. The molecule has 1 N–H and O–H groups in total. The average Bonchev–Trinajstić information content (AvgIpc) is 3.19. The van der Waals surface area contributed by atoms with Crippen molar-refractivity contribution in [3.05, 3.63) is 45.5 Å². The Morgan fingerprint density at radius 1 is 1.00 bits per heavy atom. The standard InChI is InChI=1S/C21H22IN3O5/c1-4-27-16-11-13(12-17(28-5-2)18(16)29-6-3)20-24-25-21(30-20)23-19(26)14-9-7-8-10-15(14)22/h7-12H,4-6H2,1-3H3,(H,23,25,26). The van der Waals surface area contributed by atoms with E-state index in [0.29, 0.717) is 48.2 Å². The maximum Gasteiger partial charge on any atom is 0.322 e. The molecule has 0 saturated carbocycles. The van der Waals surface area contributed by atoms with Gasteiger partial charge in [0.15, 0.2) is 11.5 Å². The van der Waals surface area contributed by atoms with Crippen molar-refractivity contribution in [1.29, 1.82) is 0 Å². The van der Waals surface area contributed by atoms with E-state index in [9.17, 15) is 4.79 Å². The predicted molar refractivity (Wildman–Crippen MR) is 120 cm³/mol. The fraction of sp³-hybridized carbons (Fsp3) is 0.286. The maximum atomic E-state index is 12.5. The Morgan fingerprint density at radius 2 is 1.63 bits per heavy atom. The van der Waals surface area contributed by atoms with Gasteiger partial charge in [0, 0.05) is 9.13 Å². The van der Waals surface area contributed by atoms with Crippen molar-refractivity contribution in [2.75, 3.05) is 25.1 Å². The summed E-state index contributed by atoms with van der Waals surface area (Å²) < 4.78 is 23.6. The van der Waals surface area contributed by atoms with Crippen LogP contribution in [0.25, 0.3) is 11.5 Å². The van der Waals surface area contributed by atoms with Crippen LogP contribution in [0.15, 0.2) is 40.8 Å². The van der Waals surface area contributed by atoms with Gasteiger partial charge in [-0.15, -0.1) is 5.10 Å². The first-order valence-electron chi connectivity index (χ1n) is 9.53.